The number of carboxylic acids is 1. The van der Waals surface area contributed by atoms with Gasteiger partial charge in [0.25, 0.3) is 0 Å². The summed E-state index contributed by atoms with van der Waals surface area (Å²) in [7, 11) is 0. The summed E-state index contributed by atoms with van der Waals surface area (Å²) in [6.07, 6.45) is 6.00. The molecule has 0 saturated heterocycles. The van der Waals surface area contributed by atoms with Gasteiger partial charge in [0.1, 0.15) is 0 Å². The fourth-order valence-electron chi connectivity index (χ4n) is 4.51. The van der Waals surface area contributed by atoms with E-state index in [0.717, 1.165) is 18.4 Å². The van der Waals surface area contributed by atoms with Crippen molar-refractivity contribution in [3.05, 3.63) is 89.5 Å². The van der Waals surface area contributed by atoms with E-state index in [1.165, 1.54) is 66.1 Å². The van der Waals surface area contributed by atoms with Crippen LogP contribution in [0.4, 0.5) is 29.3 Å². The standard InChI is InChI=1S/C28H27F3N2O3S/c29-28(30,31)37-25-16-12-23(13-17-25)32-27(36)33(18-19-6-8-22(9-7-19)26(34)35)24-14-10-21(11-15-24)20-4-2-1-3-5-20/h6-17,20H,1-5,18H2,(H,32,36)(H,34,35). The second kappa shape index (κ2) is 11.7. The molecule has 4 rings (SSSR count). The number of thioether (sulfide) groups is 1. The molecular weight excluding hydrogens is 501 g/mol. The quantitative estimate of drug-likeness (QED) is 0.303. The molecular formula is C28H27F3N2O3S. The monoisotopic (exact) mass is 528 g/mol. The van der Waals surface area contributed by atoms with Crippen LogP contribution in [0.25, 0.3) is 0 Å². The van der Waals surface area contributed by atoms with E-state index in [4.69, 9.17) is 5.11 Å². The van der Waals surface area contributed by atoms with Crippen LogP contribution in [-0.4, -0.2) is 22.6 Å². The van der Waals surface area contributed by atoms with E-state index in [1.54, 1.807) is 12.1 Å². The number of alkyl halides is 3. The second-order valence-electron chi connectivity index (χ2n) is 9.02. The minimum absolute atomic E-state index is 0.0270. The number of carboxylic acid groups (broad SMARTS) is 1. The summed E-state index contributed by atoms with van der Waals surface area (Å²) in [4.78, 5) is 26.1. The number of hydrogen-bond donors (Lipinski definition) is 2. The number of carbonyl (C=O) groups is 2. The van der Waals surface area contributed by atoms with Gasteiger partial charge in [-0.15, -0.1) is 0 Å². The van der Waals surface area contributed by atoms with Gasteiger partial charge in [-0.3, -0.25) is 4.90 Å². The molecule has 3 aromatic rings. The van der Waals surface area contributed by atoms with Gasteiger partial charge in [0.05, 0.1) is 12.1 Å². The summed E-state index contributed by atoms with van der Waals surface area (Å²) in [6, 6.07) is 19.2. The van der Waals surface area contributed by atoms with Gasteiger partial charge in [-0.1, -0.05) is 43.5 Å². The Kier molecular flexibility index (Phi) is 8.43. The van der Waals surface area contributed by atoms with Gasteiger partial charge in [-0.05, 0) is 90.2 Å². The summed E-state index contributed by atoms with van der Waals surface area (Å²) < 4.78 is 37.9. The molecule has 5 nitrogen and oxygen atoms in total. The van der Waals surface area contributed by atoms with Crippen LogP contribution < -0.4 is 10.2 Å². The van der Waals surface area contributed by atoms with Crippen molar-refractivity contribution in [3.63, 3.8) is 0 Å². The Morgan fingerprint density at radius 3 is 2.08 bits per heavy atom. The smallest absolute Gasteiger partial charge is 0.446 e. The van der Waals surface area contributed by atoms with Gasteiger partial charge in [-0.2, -0.15) is 13.2 Å². The average molecular weight is 529 g/mol. The van der Waals surface area contributed by atoms with Gasteiger partial charge >= 0.3 is 17.5 Å². The SMILES string of the molecule is O=C(O)c1ccc(CN(C(=O)Nc2ccc(SC(F)(F)F)cc2)c2ccc(C3CCCCC3)cc2)cc1. The molecule has 37 heavy (non-hydrogen) atoms. The maximum absolute atomic E-state index is 13.3. The number of aromatic carboxylic acids is 1. The van der Waals surface area contributed by atoms with E-state index in [1.807, 2.05) is 24.3 Å². The highest BCUT2D eigenvalue weighted by molar-refractivity contribution is 8.00. The first-order chi connectivity index (χ1) is 17.7. The fourth-order valence-corrected chi connectivity index (χ4v) is 5.05. The predicted molar refractivity (Wildman–Crippen MR) is 139 cm³/mol. The third-order valence-electron chi connectivity index (χ3n) is 6.41. The summed E-state index contributed by atoms with van der Waals surface area (Å²) in [5.41, 5.74) is -1.25. The van der Waals surface area contributed by atoms with E-state index >= 15 is 0 Å². The van der Waals surface area contributed by atoms with E-state index in [-0.39, 0.29) is 28.8 Å². The van der Waals surface area contributed by atoms with E-state index < -0.39 is 17.5 Å². The molecule has 0 heterocycles. The molecule has 2 amide bonds. The lowest BCUT2D eigenvalue weighted by molar-refractivity contribution is -0.0328. The van der Waals surface area contributed by atoms with Crippen molar-refractivity contribution in [2.24, 2.45) is 0 Å². The zero-order chi connectivity index (χ0) is 26.4. The van der Waals surface area contributed by atoms with Crippen molar-refractivity contribution in [3.8, 4) is 0 Å². The van der Waals surface area contributed by atoms with Gasteiger partial charge in [-0.25, -0.2) is 9.59 Å². The molecule has 1 saturated carbocycles. The van der Waals surface area contributed by atoms with Gasteiger partial charge in [0, 0.05) is 16.3 Å². The summed E-state index contributed by atoms with van der Waals surface area (Å²) >= 11 is -0.216. The molecule has 194 valence electrons. The number of benzene rings is 3. The number of anilines is 2. The number of nitrogens with one attached hydrogen (secondary N) is 1. The van der Waals surface area contributed by atoms with Crippen molar-refractivity contribution >= 4 is 35.1 Å². The van der Waals surface area contributed by atoms with Crippen molar-refractivity contribution < 1.29 is 27.9 Å². The molecule has 1 aliphatic rings. The van der Waals surface area contributed by atoms with Crippen LogP contribution in [0.5, 0.6) is 0 Å². The second-order valence-corrected chi connectivity index (χ2v) is 10.2. The first-order valence-electron chi connectivity index (χ1n) is 12.0. The van der Waals surface area contributed by atoms with Crippen LogP contribution in [0, 0.1) is 0 Å². The zero-order valence-electron chi connectivity index (χ0n) is 20.0. The Hall–Kier alpha value is -3.46. The lowest BCUT2D eigenvalue weighted by Gasteiger charge is -2.26. The lowest BCUT2D eigenvalue weighted by Crippen LogP contribution is -2.34. The summed E-state index contributed by atoms with van der Waals surface area (Å²) in [5, 5.41) is 11.9. The van der Waals surface area contributed by atoms with Crippen LogP contribution >= 0.6 is 11.8 Å². The van der Waals surface area contributed by atoms with Crippen molar-refractivity contribution in [1.29, 1.82) is 0 Å². The molecule has 0 radical (unpaired) electrons. The maximum atomic E-state index is 13.3. The molecule has 0 bridgehead atoms. The van der Waals surface area contributed by atoms with Gasteiger partial charge < -0.3 is 10.4 Å². The molecule has 0 atom stereocenters. The minimum atomic E-state index is -4.39. The largest absolute Gasteiger partial charge is 0.478 e. The summed E-state index contributed by atoms with van der Waals surface area (Å²) in [6.45, 7) is 0.177. The first kappa shape index (κ1) is 26.6. The number of rotatable bonds is 7. The molecule has 0 aliphatic heterocycles. The van der Waals surface area contributed by atoms with Gasteiger partial charge in [0.15, 0.2) is 0 Å². The molecule has 0 spiro atoms. The minimum Gasteiger partial charge on any atom is -0.478 e. The maximum Gasteiger partial charge on any atom is 0.446 e. The van der Waals surface area contributed by atoms with Crippen LogP contribution in [0.15, 0.2) is 77.7 Å². The Morgan fingerprint density at radius 2 is 1.51 bits per heavy atom. The molecule has 3 aromatic carbocycles. The number of amides is 2. The van der Waals surface area contributed by atoms with E-state index in [2.05, 4.69) is 5.32 Å². The third kappa shape index (κ3) is 7.52. The Balaban J connectivity index is 1.54. The van der Waals surface area contributed by atoms with Gasteiger partial charge in [0.2, 0.25) is 0 Å². The fraction of sp³-hybridized carbons (Fsp3) is 0.286. The summed E-state index contributed by atoms with van der Waals surface area (Å²) in [5.74, 6) is -0.520. The van der Waals surface area contributed by atoms with Crippen LogP contribution in [-0.2, 0) is 6.54 Å². The molecule has 0 aromatic heterocycles. The Labute approximate surface area is 217 Å². The number of nitrogens with zero attached hydrogens (tertiary/aromatic N) is 1. The average Bonchev–Trinajstić information content (AvgIpc) is 2.88. The highest BCUT2D eigenvalue weighted by Crippen LogP contribution is 2.37. The number of halogens is 3. The number of carbonyl (C=O) groups excluding carboxylic acids is 1. The van der Waals surface area contributed by atoms with Crippen molar-refractivity contribution in [2.45, 2.75) is 55.0 Å². The Morgan fingerprint density at radius 1 is 0.892 bits per heavy atom. The molecule has 2 N–H and O–H groups in total. The van der Waals surface area contributed by atoms with Crippen LogP contribution in [0.1, 0.15) is 59.5 Å². The highest BCUT2D eigenvalue weighted by Gasteiger charge is 2.29. The van der Waals surface area contributed by atoms with E-state index in [9.17, 15) is 22.8 Å². The highest BCUT2D eigenvalue weighted by atomic mass is 32.2. The third-order valence-corrected chi connectivity index (χ3v) is 7.15. The molecule has 0 unspecified atom stereocenters. The van der Waals surface area contributed by atoms with E-state index in [0.29, 0.717) is 17.3 Å². The van der Waals surface area contributed by atoms with Crippen molar-refractivity contribution in [1.82, 2.24) is 0 Å². The predicted octanol–water partition coefficient (Wildman–Crippen LogP) is 8.28. The lowest BCUT2D eigenvalue weighted by atomic mass is 9.84. The number of urea groups is 1. The molecule has 1 fully saturated rings. The molecule has 1 aliphatic carbocycles. The zero-order valence-corrected chi connectivity index (χ0v) is 20.8. The van der Waals surface area contributed by atoms with Crippen LogP contribution in [0.3, 0.4) is 0 Å². The topological polar surface area (TPSA) is 69.6 Å². The molecule has 9 heteroatoms. The Bertz CT molecular complexity index is 1210. The van der Waals surface area contributed by atoms with Crippen molar-refractivity contribution in [2.75, 3.05) is 10.2 Å². The van der Waals surface area contributed by atoms with Crippen LogP contribution in [0.2, 0.25) is 0 Å². The first-order valence-corrected chi connectivity index (χ1v) is 12.9. The normalized spacial score (nSPS) is 14.2. The number of hydrogen-bond acceptors (Lipinski definition) is 3.